The lowest BCUT2D eigenvalue weighted by molar-refractivity contribution is -0.141. The maximum atomic E-state index is 13.8. The van der Waals surface area contributed by atoms with Crippen LogP contribution in [0.5, 0.6) is 0 Å². The van der Waals surface area contributed by atoms with Crippen molar-refractivity contribution >= 4 is 60.0 Å². The van der Waals surface area contributed by atoms with Crippen molar-refractivity contribution < 1.29 is 33.5 Å². The van der Waals surface area contributed by atoms with Crippen LogP contribution < -0.4 is 21.7 Å². The van der Waals surface area contributed by atoms with Gasteiger partial charge in [0.25, 0.3) is 0 Å². The van der Waals surface area contributed by atoms with E-state index in [1.807, 2.05) is 72.3 Å². The molecule has 1 aliphatic heterocycles. The second kappa shape index (κ2) is 26.1. The van der Waals surface area contributed by atoms with Crippen LogP contribution >= 0.6 is 23.9 Å². The second-order valence-corrected chi connectivity index (χ2v) is 17.7. The van der Waals surface area contributed by atoms with Gasteiger partial charge in [-0.1, -0.05) is 67.7 Å². The van der Waals surface area contributed by atoms with Crippen molar-refractivity contribution in [2.45, 2.75) is 144 Å². The van der Waals surface area contributed by atoms with Gasteiger partial charge in [0.1, 0.15) is 17.7 Å². The molecule has 1 heterocycles. The van der Waals surface area contributed by atoms with Gasteiger partial charge in [-0.3, -0.25) is 19.2 Å². The average molecular weight is 792 g/mol. The van der Waals surface area contributed by atoms with Gasteiger partial charge < -0.3 is 31.3 Å². The maximum absolute atomic E-state index is 13.8. The number of urea groups is 1. The van der Waals surface area contributed by atoms with Crippen LogP contribution in [0.3, 0.4) is 0 Å². The van der Waals surface area contributed by atoms with Gasteiger partial charge in [-0.25, -0.2) is 18.2 Å². The van der Waals surface area contributed by atoms with Crippen LogP contribution in [0.1, 0.15) is 115 Å². The van der Waals surface area contributed by atoms with Crippen molar-refractivity contribution in [3.8, 4) is 0 Å². The Balaban J connectivity index is 0. The number of amides is 6. The van der Waals surface area contributed by atoms with Crippen molar-refractivity contribution in [3.63, 3.8) is 0 Å². The van der Waals surface area contributed by atoms with E-state index in [9.17, 15) is 24.0 Å². The fraction of sp³-hybridized carbons (Fsp3) is 0.838. The molecule has 0 radical (unpaired) electrons. The first kappa shape index (κ1) is 52.4. The van der Waals surface area contributed by atoms with Crippen molar-refractivity contribution in [2.75, 3.05) is 39.7 Å². The zero-order chi connectivity index (χ0) is 41.7. The third kappa shape index (κ3) is 21.1. The topological polar surface area (TPSA) is 183 Å². The number of nitrogens with zero attached hydrogens (tertiary/aromatic N) is 3. The summed E-state index contributed by atoms with van der Waals surface area (Å²) in [5, 5.41) is 8.83. The van der Waals surface area contributed by atoms with Gasteiger partial charge in [-0.15, -0.1) is 0 Å². The minimum absolute atomic E-state index is 0.0709. The number of rotatable bonds is 13. The normalized spacial score (nSPS) is 17.2. The molecular formula is C37H73N7O7S2. The van der Waals surface area contributed by atoms with Crippen LogP contribution in [0.15, 0.2) is 0 Å². The largest absolute Gasteiger partial charge is 0.443 e. The summed E-state index contributed by atoms with van der Waals surface area (Å²) in [6.45, 7) is 21.5. The molecule has 14 nitrogen and oxygen atoms in total. The number of carbonyl (C=O) groups excluding carboxylic acids is 6. The number of hydrogen-bond acceptors (Lipinski definition) is 10. The number of likely N-dealkylation sites (tertiary alicyclic amines) is 1. The summed E-state index contributed by atoms with van der Waals surface area (Å²) in [5.74, 6) is -0.467. The summed E-state index contributed by atoms with van der Waals surface area (Å²) in [7, 11) is 3.45. The van der Waals surface area contributed by atoms with Crippen LogP contribution in [0, 0.1) is 17.3 Å². The quantitative estimate of drug-likeness (QED) is 0.138. The summed E-state index contributed by atoms with van der Waals surface area (Å²) in [6, 6.07) is -2.89. The van der Waals surface area contributed by atoms with Gasteiger partial charge >= 0.3 is 12.1 Å². The lowest BCUT2D eigenvalue weighted by atomic mass is 9.80. The molecule has 4 atom stereocenters. The molecule has 0 aromatic carbocycles. The third-order valence-electron chi connectivity index (χ3n) is 8.36. The number of Topliss-reactive ketones (excluding diaryl/α,β-unsaturated/α-hetero) is 1. The standard InChI is InChI=1S/C32H58N6O6S.C2H6S.C2H6.CH3NO/c1-20(2)26(28(41)38-17-13-16-24(38)27(40)33-23(21(3)39)18-22-14-12-15-22)35-29(42)34-25(31(4,5)6)19-36(10)45-37(11)30(43)44-32(7,8)9;1-3-2;1-2;2-1-3/h20,22-26H,12-19H2,1-11H3,(H,33,40)(H2,34,35,42);1-2H3;1-2H3;1H,(H2,2,3). The van der Waals surface area contributed by atoms with Crippen molar-refractivity contribution in [2.24, 2.45) is 23.0 Å². The van der Waals surface area contributed by atoms with E-state index in [4.69, 9.17) is 9.53 Å². The number of nitrogens with one attached hydrogen (secondary N) is 3. The first-order chi connectivity index (χ1) is 24.5. The minimum atomic E-state index is -0.844. The van der Waals surface area contributed by atoms with Gasteiger partial charge in [0.05, 0.1) is 6.04 Å². The van der Waals surface area contributed by atoms with E-state index < -0.39 is 35.9 Å². The lowest BCUT2D eigenvalue weighted by Gasteiger charge is -2.36. The number of hydrogen-bond donors (Lipinski definition) is 4. The predicted octanol–water partition coefficient (Wildman–Crippen LogP) is 5.45. The van der Waals surface area contributed by atoms with E-state index in [0.717, 1.165) is 19.3 Å². The number of ether oxygens (including phenoxy) is 1. The highest BCUT2D eigenvalue weighted by atomic mass is 32.2. The van der Waals surface area contributed by atoms with Crippen LogP contribution in [0.2, 0.25) is 0 Å². The fourth-order valence-corrected chi connectivity index (χ4v) is 6.13. The smallest absolute Gasteiger partial charge is 0.421 e. The first-order valence-corrected chi connectivity index (χ1v) is 21.0. The summed E-state index contributed by atoms with van der Waals surface area (Å²) < 4.78 is 8.67. The summed E-state index contributed by atoms with van der Waals surface area (Å²) in [6.07, 6.45) is 8.98. The molecule has 0 aromatic rings. The van der Waals surface area contributed by atoms with E-state index >= 15 is 0 Å². The van der Waals surface area contributed by atoms with E-state index in [1.54, 1.807) is 44.5 Å². The molecule has 0 bridgehead atoms. The number of nitrogens with two attached hydrogens (primary N) is 1. The number of likely N-dealkylation sites (N-methyl/N-ethyl adjacent to an activating group) is 1. The number of ketones is 1. The molecule has 2 fully saturated rings. The average Bonchev–Trinajstić information content (AvgIpc) is 3.51. The number of primary amides is 1. The molecular weight excluding hydrogens is 719 g/mol. The van der Waals surface area contributed by atoms with Crippen molar-refractivity contribution in [1.29, 1.82) is 0 Å². The van der Waals surface area contributed by atoms with Gasteiger partial charge in [0.2, 0.25) is 18.2 Å². The molecule has 0 spiro atoms. The van der Waals surface area contributed by atoms with Crippen molar-refractivity contribution in [1.82, 2.24) is 29.5 Å². The number of carbonyl (C=O) groups is 6. The molecule has 53 heavy (non-hydrogen) atoms. The van der Waals surface area contributed by atoms with Crippen LogP contribution in [-0.2, 0) is 23.9 Å². The summed E-state index contributed by atoms with van der Waals surface area (Å²) >= 11 is 2.93. The molecule has 0 aromatic heterocycles. The number of thioether (sulfide) groups is 1. The highest BCUT2D eigenvalue weighted by Crippen LogP contribution is 2.31. The minimum Gasteiger partial charge on any atom is -0.443 e. The van der Waals surface area contributed by atoms with E-state index in [-0.39, 0.29) is 41.4 Å². The second-order valence-electron chi connectivity index (χ2n) is 15.6. The Labute approximate surface area is 329 Å². The summed E-state index contributed by atoms with van der Waals surface area (Å²) in [5.41, 5.74) is 3.20. The zero-order valence-electron chi connectivity index (χ0n) is 35.3. The molecule has 1 saturated heterocycles. The molecule has 2 rings (SSSR count). The van der Waals surface area contributed by atoms with Crippen molar-refractivity contribution in [3.05, 3.63) is 0 Å². The highest BCUT2D eigenvalue weighted by molar-refractivity contribution is 7.97. The maximum Gasteiger partial charge on any atom is 0.421 e. The van der Waals surface area contributed by atoms with Crippen LogP contribution in [0.25, 0.3) is 0 Å². The van der Waals surface area contributed by atoms with Gasteiger partial charge in [0.15, 0.2) is 5.78 Å². The van der Waals surface area contributed by atoms with E-state index in [2.05, 4.69) is 21.7 Å². The summed E-state index contributed by atoms with van der Waals surface area (Å²) in [4.78, 5) is 75.3. The Morgan fingerprint density at radius 2 is 1.47 bits per heavy atom. The van der Waals surface area contributed by atoms with E-state index in [0.29, 0.717) is 38.3 Å². The molecule has 1 saturated carbocycles. The Hall–Kier alpha value is -2.72. The Bertz CT molecular complexity index is 1130. The SMILES string of the molecule is CC.CC(=O)C(CC1CCC1)NC(=O)C1CCCN1C(=O)C(NC(=O)NC(CN(C)SN(C)C(=O)OC(C)(C)C)C(C)(C)C)C(C)C.CSC.NC=O. The molecule has 1 aliphatic carbocycles. The molecule has 4 unspecified atom stereocenters. The monoisotopic (exact) mass is 792 g/mol. The fourth-order valence-electron chi connectivity index (χ4n) is 5.39. The molecule has 310 valence electrons. The highest BCUT2D eigenvalue weighted by Gasteiger charge is 2.40. The molecule has 16 heteroatoms. The molecule has 6 amide bonds. The predicted molar refractivity (Wildman–Crippen MR) is 218 cm³/mol. The van der Waals surface area contributed by atoms with Gasteiger partial charge in [0, 0.05) is 38.3 Å². The lowest BCUT2D eigenvalue weighted by Crippen LogP contribution is -2.59. The van der Waals surface area contributed by atoms with Gasteiger partial charge in [-0.2, -0.15) is 11.8 Å². The van der Waals surface area contributed by atoms with Crippen LogP contribution in [0.4, 0.5) is 9.59 Å². The first-order valence-electron chi connectivity index (χ1n) is 18.6. The molecule has 2 aliphatic rings. The Kier molecular flexibility index (Phi) is 25.8. The van der Waals surface area contributed by atoms with Crippen LogP contribution in [-0.4, -0.2) is 119 Å². The Morgan fingerprint density at radius 1 is 0.943 bits per heavy atom. The third-order valence-corrected chi connectivity index (χ3v) is 9.18. The van der Waals surface area contributed by atoms with E-state index in [1.165, 1.54) is 23.4 Å². The zero-order valence-corrected chi connectivity index (χ0v) is 36.9. The molecule has 5 N–H and O–H groups in total. The van der Waals surface area contributed by atoms with Gasteiger partial charge in [-0.05, 0) is 83.8 Å². The Morgan fingerprint density at radius 3 is 1.89 bits per heavy atom.